The van der Waals surface area contributed by atoms with Crippen molar-refractivity contribution in [2.24, 2.45) is 7.05 Å². The minimum absolute atomic E-state index is 0.547. The van der Waals surface area contributed by atoms with Crippen molar-refractivity contribution >= 4 is 21.6 Å². The Morgan fingerprint density at radius 2 is 2.35 bits per heavy atom. The highest BCUT2D eigenvalue weighted by Crippen LogP contribution is 2.23. The summed E-state index contributed by atoms with van der Waals surface area (Å²) < 4.78 is 2.51. The molecular weight excluding hydrogens is 282 g/mol. The fraction of sp³-hybridized carbons (Fsp3) is 0.182. The van der Waals surface area contributed by atoms with E-state index in [1.54, 1.807) is 23.1 Å². The van der Waals surface area contributed by atoms with Gasteiger partial charge in [0.05, 0.1) is 18.2 Å². The minimum atomic E-state index is 0.547. The molecular formula is C11H10BrN5. The third-order valence-electron chi connectivity index (χ3n) is 2.18. The summed E-state index contributed by atoms with van der Waals surface area (Å²) in [5.74, 6) is 0.726. The van der Waals surface area contributed by atoms with Crippen LogP contribution in [0.4, 0.5) is 5.69 Å². The van der Waals surface area contributed by atoms with E-state index in [2.05, 4.69) is 37.4 Å². The molecule has 86 valence electrons. The Morgan fingerprint density at radius 1 is 1.53 bits per heavy atom. The van der Waals surface area contributed by atoms with Crippen LogP contribution in [0.1, 0.15) is 11.4 Å². The van der Waals surface area contributed by atoms with Gasteiger partial charge in [-0.05, 0) is 34.1 Å². The topological polar surface area (TPSA) is 66.5 Å². The number of nitrogens with zero attached hydrogens (tertiary/aromatic N) is 4. The number of hydrogen-bond acceptors (Lipinski definition) is 4. The Hall–Kier alpha value is -1.87. The molecule has 5 nitrogen and oxygen atoms in total. The standard InChI is InChI=1S/C11H10BrN5/c1-17-7-15-11(16-17)6-14-10-3-2-8(5-13)4-9(10)12/h2-4,7,14H,6H2,1H3. The van der Waals surface area contributed by atoms with E-state index >= 15 is 0 Å². The van der Waals surface area contributed by atoms with Crippen molar-refractivity contribution in [1.29, 1.82) is 5.26 Å². The van der Waals surface area contributed by atoms with Gasteiger partial charge in [-0.1, -0.05) is 0 Å². The Morgan fingerprint density at radius 3 is 2.94 bits per heavy atom. The van der Waals surface area contributed by atoms with Crippen molar-refractivity contribution in [2.75, 3.05) is 5.32 Å². The summed E-state index contributed by atoms with van der Waals surface area (Å²) in [6.07, 6.45) is 1.66. The van der Waals surface area contributed by atoms with Gasteiger partial charge in [-0.3, -0.25) is 4.68 Å². The number of anilines is 1. The smallest absolute Gasteiger partial charge is 0.169 e. The molecule has 0 spiro atoms. The third-order valence-corrected chi connectivity index (χ3v) is 2.84. The number of rotatable bonds is 3. The van der Waals surface area contributed by atoms with E-state index in [1.165, 1.54) is 0 Å². The third kappa shape index (κ3) is 2.82. The van der Waals surface area contributed by atoms with E-state index in [0.29, 0.717) is 12.1 Å². The first-order valence-electron chi connectivity index (χ1n) is 4.97. The van der Waals surface area contributed by atoms with Gasteiger partial charge in [0, 0.05) is 17.2 Å². The first kappa shape index (κ1) is 11.6. The second-order valence-electron chi connectivity index (χ2n) is 3.49. The summed E-state index contributed by atoms with van der Waals surface area (Å²) in [6, 6.07) is 7.47. The number of benzene rings is 1. The Labute approximate surface area is 107 Å². The van der Waals surface area contributed by atoms with Crippen LogP contribution in [0.25, 0.3) is 0 Å². The van der Waals surface area contributed by atoms with Crippen LogP contribution in [-0.4, -0.2) is 14.8 Å². The quantitative estimate of drug-likeness (QED) is 0.940. The van der Waals surface area contributed by atoms with Gasteiger partial charge in [0.1, 0.15) is 6.33 Å². The summed E-state index contributed by atoms with van der Waals surface area (Å²) in [4.78, 5) is 4.12. The van der Waals surface area contributed by atoms with Crippen molar-refractivity contribution in [1.82, 2.24) is 14.8 Å². The number of nitrogens with one attached hydrogen (secondary N) is 1. The molecule has 1 heterocycles. The lowest BCUT2D eigenvalue weighted by Crippen LogP contribution is -2.02. The summed E-state index contributed by atoms with van der Waals surface area (Å²) in [6.45, 7) is 0.547. The second kappa shape index (κ2) is 4.97. The van der Waals surface area contributed by atoms with E-state index < -0.39 is 0 Å². The van der Waals surface area contributed by atoms with E-state index in [-0.39, 0.29) is 0 Å². The van der Waals surface area contributed by atoms with Crippen LogP contribution in [-0.2, 0) is 13.6 Å². The molecule has 0 atom stereocenters. The Balaban J connectivity index is 2.07. The summed E-state index contributed by atoms with van der Waals surface area (Å²) in [7, 11) is 1.83. The highest BCUT2D eigenvalue weighted by molar-refractivity contribution is 9.10. The molecule has 0 aliphatic rings. The van der Waals surface area contributed by atoms with Crippen molar-refractivity contribution in [3.63, 3.8) is 0 Å². The maximum Gasteiger partial charge on any atom is 0.169 e. The van der Waals surface area contributed by atoms with Gasteiger partial charge >= 0.3 is 0 Å². The molecule has 0 saturated carbocycles. The Bertz CT molecular complexity index is 569. The average molecular weight is 292 g/mol. The van der Waals surface area contributed by atoms with Crippen LogP contribution in [0, 0.1) is 11.3 Å². The lowest BCUT2D eigenvalue weighted by Gasteiger charge is -2.06. The monoisotopic (exact) mass is 291 g/mol. The molecule has 0 fully saturated rings. The first-order valence-corrected chi connectivity index (χ1v) is 5.76. The van der Waals surface area contributed by atoms with Crippen molar-refractivity contribution in [3.05, 3.63) is 40.4 Å². The molecule has 0 aliphatic carbocycles. The molecule has 0 amide bonds. The normalized spacial score (nSPS) is 9.94. The second-order valence-corrected chi connectivity index (χ2v) is 4.35. The molecule has 1 N–H and O–H groups in total. The highest BCUT2D eigenvalue weighted by Gasteiger charge is 2.03. The van der Waals surface area contributed by atoms with Gasteiger partial charge < -0.3 is 5.32 Å². The van der Waals surface area contributed by atoms with E-state index in [4.69, 9.17) is 5.26 Å². The zero-order valence-electron chi connectivity index (χ0n) is 9.18. The molecule has 17 heavy (non-hydrogen) atoms. The van der Waals surface area contributed by atoms with Crippen LogP contribution in [0.15, 0.2) is 29.0 Å². The maximum absolute atomic E-state index is 8.75. The van der Waals surface area contributed by atoms with E-state index in [0.717, 1.165) is 16.0 Å². The Kier molecular flexibility index (Phi) is 3.40. The molecule has 1 aromatic carbocycles. The molecule has 0 saturated heterocycles. The molecule has 0 bridgehead atoms. The predicted octanol–water partition coefficient (Wildman–Crippen LogP) is 2.06. The van der Waals surface area contributed by atoms with Gasteiger partial charge in [-0.25, -0.2) is 4.98 Å². The lowest BCUT2D eigenvalue weighted by molar-refractivity contribution is 0.747. The van der Waals surface area contributed by atoms with Crippen LogP contribution < -0.4 is 5.32 Å². The number of aromatic nitrogens is 3. The highest BCUT2D eigenvalue weighted by atomic mass is 79.9. The van der Waals surface area contributed by atoms with Crippen molar-refractivity contribution in [2.45, 2.75) is 6.54 Å². The van der Waals surface area contributed by atoms with Gasteiger partial charge in [-0.2, -0.15) is 10.4 Å². The van der Waals surface area contributed by atoms with Gasteiger partial charge in [0.15, 0.2) is 5.82 Å². The van der Waals surface area contributed by atoms with Gasteiger partial charge in [0.2, 0.25) is 0 Å². The lowest BCUT2D eigenvalue weighted by atomic mass is 10.2. The summed E-state index contributed by atoms with van der Waals surface area (Å²) >= 11 is 3.41. The molecule has 2 aromatic rings. The summed E-state index contributed by atoms with van der Waals surface area (Å²) in [5.41, 5.74) is 1.54. The fourth-order valence-corrected chi connectivity index (χ4v) is 1.89. The molecule has 2 rings (SSSR count). The molecule has 0 unspecified atom stereocenters. The van der Waals surface area contributed by atoms with Crippen molar-refractivity contribution in [3.8, 4) is 6.07 Å². The average Bonchev–Trinajstić information content (AvgIpc) is 2.73. The van der Waals surface area contributed by atoms with E-state index in [1.807, 2.05) is 13.1 Å². The first-order chi connectivity index (χ1) is 8.19. The van der Waals surface area contributed by atoms with Crippen LogP contribution in [0.3, 0.4) is 0 Å². The van der Waals surface area contributed by atoms with Crippen LogP contribution in [0.5, 0.6) is 0 Å². The van der Waals surface area contributed by atoms with Crippen LogP contribution >= 0.6 is 15.9 Å². The molecule has 0 aliphatic heterocycles. The molecule has 1 aromatic heterocycles. The largest absolute Gasteiger partial charge is 0.377 e. The predicted molar refractivity (Wildman–Crippen MR) is 67.2 cm³/mol. The summed E-state index contributed by atoms with van der Waals surface area (Å²) in [5, 5.41) is 16.1. The number of halogens is 1. The van der Waals surface area contributed by atoms with E-state index in [9.17, 15) is 0 Å². The van der Waals surface area contributed by atoms with Gasteiger partial charge in [0.25, 0.3) is 0 Å². The van der Waals surface area contributed by atoms with Gasteiger partial charge in [-0.15, -0.1) is 0 Å². The zero-order chi connectivity index (χ0) is 12.3. The van der Waals surface area contributed by atoms with Crippen molar-refractivity contribution < 1.29 is 0 Å². The number of hydrogen-bond donors (Lipinski definition) is 1. The minimum Gasteiger partial charge on any atom is -0.377 e. The van der Waals surface area contributed by atoms with Crippen LogP contribution in [0.2, 0.25) is 0 Å². The molecule has 0 radical (unpaired) electrons. The zero-order valence-corrected chi connectivity index (χ0v) is 10.8. The SMILES string of the molecule is Cn1cnc(CNc2ccc(C#N)cc2Br)n1. The number of aryl methyl sites for hydroxylation is 1. The number of nitriles is 1. The molecule has 6 heteroatoms. The fourth-order valence-electron chi connectivity index (χ4n) is 1.37. The maximum atomic E-state index is 8.75.